The predicted octanol–water partition coefficient (Wildman–Crippen LogP) is 4.37. The Morgan fingerprint density at radius 3 is 2.50 bits per heavy atom. The van der Waals surface area contributed by atoms with E-state index in [0.717, 1.165) is 27.9 Å². The van der Waals surface area contributed by atoms with Crippen molar-refractivity contribution in [2.75, 3.05) is 7.11 Å². The molecule has 0 aliphatic heterocycles. The molecule has 0 aliphatic carbocycles. The van der Waals surface area contributed by atoms with Gasteiger partial charge in [0.15, 0.2) is 0 Å². The van der Waals surface area contributed by atoms with Crippen LogP contribution in [0.3, 0.4) is 0 Å². The first-order chi connectivity index (χ1) is 10.7. The maximum Gasteiger partial charge on any atom is 0.333 e. The molecule has 0 amide bonds. The number of para-hydroxylation sites is 1. The molecule has 3 rings (SSSR count). The lowest BCUT2D eigenvalue weighted by Gasteiger charge is -2.05. The van der Waals surface area contributed by atoms with E-state index in [2.05, 4.69) is 6.58 Å². The van der Waals surface area contributed by atoms with Gasteiger partial charge in [0.1, 0.15) is 11.3 Å². The minimum Gasteiger partial charge on any atom is -0.466 e. The molecule has 3 nitrogen and oxygen atoms in total. The first-order valence-corrected chi connectivity index (χ1v) is 7.02. The Balaban J connectivity index is 2.13. The van der Waals surface area contributed by atoms with Crippen LogP contribution >= 0.6 is 0 Å². The molecule has 0 N–H and O–H groups in total. The van der Waals surface area contributed by atoms with E-state index < -0.39 is 5.97 Å². The van der Waals surface area contributed by atoms with E-state index in [-0.39, 0.29) is 0 Å². The van der Waals surface area contributed by atoms with Gasteiger partial charge in [-0.2, -0.15) is 0 Å². The number of carbonyl (C=O) groups excluding carboxylic acids is 1. The van der Waals surface area contributed by atoms with Gasteiger partial charge in [-0.05, 0) is 11.6 Å². The van der Waals surface area contributed by atoms with Gasteiger partial charge < -0.3 is 9.15 Å². The van der Waals surface area contributed by atoms with Crippen molar-refractivity contribution < 1.29 is 13.9 Å². The van der Waals surface area contributed by atoms with Crippen molar-refractivity contribution in [3.05, 3.63) is 72.5 Å². The minimum atomic E-state index is -0.417. The van der Waals surface area contributed by atoms with Crippen molar-refractivity contribution in [2.45, 2.75) is 6.42 Å². The summed E-state index contributed by atoms with van der Waals surface area (Å²) >= 11 is 0. The average Bonchev–Trinajstić information content (AvgIpc) is 2.92. The first-order valence-electron chi connectivity index (χ1n) is 7.02. The number of ether oxygens (including phenoxy) is 1. The monoisotopic (exact) mass is 292 g/mol. The van der Waals surface area contributed by atoms with Crippen LogP contribution < -0.4 is 0 Å². The van der Waals surface area contributed by atoms with Gasteiger partial charge in [-0.25, -0.2) is 4.79 Å². The summed E-state index contributed by atoms with van der Waals surface area (Å²) in [5.41, 5.74) is 3.23. The molecular weight excluding hydrogens is 276 g/mol. The number of furan rings is 1. The highest BCUT2D eigenvalue weighted by atomic mass is 16.5. The highest BCUT2D eigenvalue weighted by Gasteiger charge is 2.18. The van der Waals surface area contributed by atoms with Gasteiger partial charge in [-0.1, -0.05) is 55.1 Å². The molecule has 22 heavy (non-hydrogen) atoms. The van der Waals surface area contributed by atoms with Gasteiger partial charge in [0.25, 0.3) is 0 Å². The molecule has 110 valence electrons. The van der Waals surface area contributed by atoms with E-state index in [1.807, 2.05) is 54.6 Å². The van der Waals surface area contributed by atoms with Gasteiger partial charge in [0, 0.05) is 22.9 Å². The molecule has 3 aromatic rings. The van der Waals surface area contributed by atoms with Gasteiger partial charge >= 0.3 is 5.97 Å². The zero-order valence-electron chi connectivity index (χ0n) is 12.3. The lowest BCUT2D eigenvalue weighted by molar-refractivity contribution is -0.136. The third-order valence-corrected chi connectivity index (χ3v) is 3.58. The Morgan fingerprint density at radius 1 is 1.09 bits per heavy atom. The molecule has 1 heterocycles. The number of hydrogen-bond donors (Lipinski definition) is 0. The molecule has 0 bridgehead atoms. The zero-order valence-corrected chi connectivity index (χ0v) is 12.3. The number of carbonyl (C=O) groups is 1. The van der Waals surface area contributed by atoms with Crippen molar-refractivity contribution in [1.82, 2.24) is 0 Å². The SMILES string of the molecule is C=C(Cc1oc2ccccc2c1-c1ccccc1)C(=O)OC. The Kier molecular flexibility index (Phi) is 3.79. The van der Waals surface area contributed by atoms with E-state index in [9.17, 15) is 4.79 Å². The van der Waals surface area contributed by atoms with Crippen LogP contribution in [0, 0.1) is 0 Å². The van der Waals surface area contributed by atoms with Gasteiger partial charge in [0.05, 0.1) is 7.11 Å². The highest BCUT2D eigenvalue weighted by Crippen LogP contribution is 2.35. The summed E-state index contributed by atoms with van der Waals surface area (Å²) in [5, 5.41) is 1.03. The van der Waals surface area contributed by atoms with E-state index >= 15 is 0 Å². The third-order valence-electron chi connectivity index (χ3n) is 3.58. The number of methoxy groups -OCH3 is 1. The minimum absolute atomic E-state index is 0.325. The second-order valence-electron chi connectivity index (χ2n) is 5.03. The Labute approximate surface area is 128 Å². The third kappa shape index (κ3) is 2.53. The summed E-state index contributed by atoms with van der Waals surface area (Å²) in [5.74, 6) is 0.308. The van der Waals surface area contributed by atoms with Crippen LogP contribution in [0.2, 0.25) is 0 Å². The first kappa shape index (κ1) is 14.1. The average molecular weight is 292 g/mol. The molecule has 3 heteroatoms. The fourth-order valence-corrected chi connectivity index (χ4v) is 2.55. The number of rotatable bonds is 4. The van der Waals surface area contributed by atoms with Crippen LogP contribution in [0.5, 0.6) is 0 Å². The Hall–Kier alpha value is -2.81. The number of fused-ring (bicyclic) bond motifs is 1. The number of benzene rings is 2. The standard InChI is InChI=1S/C19H16O3/c1-13(19(20)21-2)12-17-18(14-8-4-3-5-9-14)15-10-6-7-11-16(15)22-17/h3-11H,1,12H2,2H3. The highest BCUT2D eigenvalue weighted by molar-refractivity contribution is 5.96. The summed E-state index contributed by atoms with van der Waals surface area (Å²) in [7, 11) is 1.35. The van der Waals surface area contributed by atoms with Gasteiger partial charge in [-0.3, -0.25) is 0 Å². The summed E-state index contributed by atoms with van der Waals surface area (Å²) in [6.45, 7) is 3.79. The van der Waals surface area contributed by atoms with Crippen LogP contribution in [0.15, 0.2) is 71.2 Å². The molecule has 0 fully saturated rings. The van der Waals surface area contributed by atoms with Crippen LogP contribution in [0.25, 0.3) is 22.1 Å². The van der Waals surface area contributed by atoms with Gasteiger partial charge in [-0.15, -0.1) is 0 Å². The van der Waals surface area contributed by atoms with Crippen molar-refractivity contribution in [1.29, 1.82) is 0 Å². The smallest absolute Gasteiger partial charge is 0.333 e. The summed E-state index contributed by atoms with van der Waals surface area (Å²) in [4.78, 5) is 11.6. The molecular formula is C19H16O3. The van der Waals surface area contributed by atoms with Crippen molar-refractivity contribution >= 4 is 16.9 Å². The summed E-state index contributed by atoms with van der Waals surface area (Å²) in [6.07, 6.45) is 0.325. The molecule has 0 saturated carbocycles. The molecule has 1 aromatic heterocycles. The second-order valence-corrected chi connectivity index (χ2v) is 5.03. The maximum atomic E-state index is 11.6. The normalized spacial score (nSPS) is 10.6. The lowest BCUT2D eigenvalue weighted by Crippen LogP contribution is -2.06. The van der Waals surface area contributed by atoms with E-state index in [4.69, 9.17) is 9.15 Å². The van der Waals surface area contributed by atoms with Crippen LogP contribution in [-0.4, -0.2) is 13.1 Å². The van der Waals surface area contributed by atoms with E-state index in [0.29, 0.717) is 12.0 Å². The van der Waals surface area contributed by atoms with E-state index in [1.165, 1.54) is 7.11 Å². The fraction of sp³-hybridized carbons (Fsp3) is 0.105. The molecule has 0 unspecified atom stereocenters. The van der Waals surface area contributed by atoms with Crippen LogP contribution in [0.1, 0.15) is 5.76 Å². The zero-order chi connectivity index (χ0) is 15.5. The molecule has 0 aliphatic rings. The largest absolute Gasteiger partial charge is 0.466 e. The second kappa shape index (κ2) is 5.90. The van der Waals surface area contributed by atoms with Crippen molar-refractivity contribution in [3.63, 3.8) is 0 Å². The molecule has 2 aromatic carbocycles. The van der Waals surface area contributed by atoms with Crippen molar-refractivity contribution in [3.8, 4) is 11.1 Å². The molecule has 0 spiro atoms. The van der Waals surface area contributed by atoms with Gasteiger partial charge in [0.2, 0.25) is 0 Å². The quantitative estimate of drug-likeness (QED) is 0.529. The Bertz CT molecular complexity index is 828. The number of hydrogen-bond acceptors (Lipinski definition) is 3. The van der Waals surface area contributed by atoms with Crippen LogP contribution in [0.4, 0.5) is 0 Å². The molecule has 0 radical (unpaired) electrons. The predicted molar refractivity (Wildman–Crippen MR) is 86.5 cm³/mol. The maximum absolute atomic E-state index is 11.6. The summed E-state index contributed by atoms with van der Waals surface area (Å²) in [6, 6.07) is 17.8. The molecule has 0 atom stereocenters. The topological polar surface area (TPSA) is 39.4 Å². The molecule has 0 saturated heterocycles. The lowest BCUT2D eigenvalue weighted by atomic mass is 9.99. The number of esters is 1. The van der Waals surface area contributed by atoms with E-state index in [1.54, 1.807) is 0 Å². The van der Waals surface area contributed by atoms with Crippen LogP contribution in [-0.2, 0) is 16.0 Å². The fourth-order valence-electron chi connectivity index (χ4n) is 2.55. The summed E-state index contributed by atoms with van der Waals surface area (Å²) < 4.78 is 10.7. The van der Waals surface area contributed by atoms with Crippen molar-refractivity contribution in [2.24, 2.45) is 0 Å². The Morgan fingerprint density at radius 2 is 1.77 bits per heavy atom.